The minimum Gasteiger partial charge on any atom is -0.465 e. The van der Waals surface area contributed by atoms with Crippen LogP contribution in [0.1, 0.15) is 42.6 Å². The van der Waals surface area contributed by atoms with Gasteiger partial charge in [-0.15, -0.1) is 23.2 Å². The maximum absolute atomic E-state index is 15.4. The number of amides is 3. The van der Waals surface area contributed by atoms with E-state index in [9.17, 15) is 28.3 Å². The number of anilines is 3. The molecule has 0 spiro atoms. The van der Waals surface area contributed by atoms with Gasteiger partial charge >= 0.3 is 6.09 Å². The van der Waals surface area contributed by atoms with Crippen molar-refractivity contribution in [1.82, 2.24) is 0 Å². The molecule has 7 nitrogen and oxygen atoms in total. The minimum absolute atomic E-state index is 0.0934. The summed E-state index contributed by atoms with van der Waals surface area (Å²) in [7, 11) is 0. The van der Waals surface area contributed by atoms with E-state index < -0.39 is 79.0 Å². The van der Waals surface area contributed by atoms with E-state index in [0.29, 0.717) is 10.5 Å². The standard InChI is InChI=1S/C28H20Cl6F3N3O4/c1-27(2,3)40(26(43)44)17-5-4-15(35)23(22(17)37)39-24(41)12-8-11(9-16(36)20(12)31)38-25(42)19-18(28(19,33)34)10-6-13(29)21(32)14(30)7-10/h4-9,18-19H,1-3H3,(H,38,42)(H,39,41)(H,43,44)/t18-,19+/m0/s1. The van der Waals surface area contributed by atoms with Crippen LogP contribution < -0.4 is 15.5 Å². The van der Waals surface area contributed by atoms with E-state index in [4.69, 9.17) is 69.6 Å². The molecule has 0 radical (unpaired) electrons. The van der Waals surface area contributed by atoms with Crippen LogP contribution in [-0.4, -0.2) is 32.9 Å². The van der Waals surface area contributed by atoms with Crippen molar-refractivity contribution in [1.29, 1.82) is 0 Å². The Bertz CT molecular complexity index is 1690. The number of alkyl halides is 2. The monoisotopic (exact) mass is 729 g/mol. The van der Waals surface area contributed by atoms with Crippen LogP contribution in [-0.2, 0) is 4.79 Å². The van der Waals surface area contributed by atoms with Crippen molar-refractivity contribution in [3.8, 4) is 0 Å². The topological polar surface area (TPSA) is 98.7 Å². The van der Waals surface area contributed by atoms with Gasteiger partial charge in [-0.1, -0.05) is 46.4 Å². The van der Waals surface area contributed by atoms with Crippen LogP contribution in [0.5, 0.6) is 0 Å². The third-order valence-electron chi connectivity index (χ3n) is 6.65. The Morgan fingerprint density at radius 1 is 0.886 bits per heavy atom. The summed E-state index contributed by atoms with van der Waals surface area (Å²) in [6, 6.07) is 6.32. The molecule has 0 unspecified atom stereocenters. The van der Waals surface area contributed by atoms with Gasteiger partial charge in [-0.05, 0) is 62.7 Å². The Labute approximate surface area is 279 Å². The fourth-order valence-corrected chi connectivity index (χ4v) is 6.27. The maximum Gasteiger partial charge on any atom is 0.412 e. The average Bonchev–Trinajstić information content (AvgIpc) is 3.49. The summed E-state index contributed by atoms with van der Waals surface area (Å²) in [5, 5.41) is 13.6. The SMILES string of the molecule is CC(C)(C)N(C(=O)O)c1ccc(F)c(NC(=O)c2cc(NC(=O)[C@H]3[C@H](c4cc(Cl)c(Cl)c(Cl)c4)C3(Cl)Cl)cc(F)c2Cl)c1F. The number of carboxylic acid groups (broad SMARTS) is 1. The third-order valence-corrected chi connectivity index (χ3v) is 9.18. The zero-order valence-electron chi connectivity index (χ0n) is 22.6. The van der Waals surface area contributed by atoms with Gasteiger partial charge in [0.1, 0.15) is 21.7 Å². The average molecular weight is 732 g/mol. The van der Waals surface area contributed by atoms with Gasteiger partial charge in [0.15, 0.2) is 5.82 Å². The first-order chi connectivity index (χ1) is 20.3. The fourth-order valence-electron chi connectivity index (χ4n) is 4.63. The molecule has 1 fully saturated rings. The van der Waals surface area contributed by atoms with Crippen LogP contribution in [0, 0.1) is 23.4 Å². The molecule has 234 valence electrons. The Hall–Kier alpha value is -2.60. The van der Waals surface area contributed by atoms with Crippen LogP contribution in [0.4, 0.5) is 35.0 Å². The van der Waals surface area contributed by atoms with Gasteiger partial charge in [-0.25, -0.2) is 18.0 Å². The molecule has 0 aromatic heterocycles. The highest BCUT2D eigenvalue weighted by atomic mass is 35.5. The Kier molecular flexibility index (Phi) is 9.58. The highest BCUT2D eigenvalue weighted by Crippen LogP contribution is 2.65. The number of rotatable bonds is 6. The largest absolute Gasteiger partial charge is 0.465 e. The summed E-state index contributed by atoms with van der Waals surface area (Å²) in [5.74, 6) is -7.69. The first-order valence-corrected chi connectivity index (χ1v) is 14.7. The van der Waals surface area contributed by atoms with Crippen molar-refractivity contribution >= 4 is 105 Å². The van der Waals surface area contributed by atoms with Crippen LogP contribution in [0.25, 0.3) is 0 Å². The van der Waals surface area contributed by atoms with Crippen LogP contribution >= 0.6 is 69.6 Å². The number of nitrogens with one attached hydrogen (secondary N) is 2. The molecule has 3 amide bonds. The number of nitrogens with zero attached hydrogens (tertiary/aromatic N) is 1. The van der Waals surface area contributed by atoms with E-state index in [0.717, 1.165) is 24.3 Å². The van der Waals surface area contributed by atoms with Gasteiger partial charge in [-0.3, -0.25) is 14.5 Å². The zero-order valence-corrected chi connectivity index (χ0v) is 27.2. The smallest absolute Gasteiger partial charge is 0.412 e. The van der Waals surface area contributed by atoms with E-state index in [2.05, 4.69) is 5.32 Å². The van der Waals surface area contributed by atoms with Gasteiger partial charge in [-0.2, -0.15) is 0 Å². The highest BCUT2D eigenvalue weighted by molar-refractivity contribution is 6.54. The molecular formula is C28H20Cl6F3N3O4. The highest BCUT2D eigenvalue weighted by Gasteiger charge is 2.67. The molecule has 44 heavy (non-hydrogen) atoms. The molecule has 0 saturated heterocycles. The molecule has 3 N–H and O–H groups in total. The van der Waals surface area contributed by atoms with E-state index in [1.807, 2.05) is 5.32 Å². The van der Waals surface area contributed by atoms with Crippen LogP contribution in [0.2, 0.25) is 20.1 Å². The summed E-state index contributed by atoms with van der Waals surface area (Å²) in [6.45, 7) is 4.44. The predicted molar refractivity (Wildman–Crippen MR) is 167 cm³/mol. The second-order valence-corrected chi connectivity index (χ2v) is 13.8. The van der Waals surface area contributed by atoms with Crippen LogP contribution in [0.15, 0.2) is 36.4 Å². The molecule has 4 rings (SSSR count). The zero-order chi connectivity index (χ0) is 33.0. The number of hydrogen-bond donors (Lipinski definition) is 3. The minimum atomic E-state index is -1.60. The molecule has 0 bridgehead atoms. The molecule has 0 heterocycles. The maximum atomic E-state index is 15.4. The van der Waals surface area contributed by atoms with Crippen LogP contribution in [0.3, 0.4) is 0 Å². The first kappa shape index (κ1) is 34.3. The molecular weight excluding hydrogens is 712 g/mol. The van der Waals surface area contributed by atoms with E-state index in [1.165, 1.54) is 32.9 Å². The quantitative estimate of drug-likeness (QED) is 0.174. The van der Waals surface area contributed by atoms with Gasteiger partial charge < -0.3 is 15.7 Å². The van der Waals surface area contributed by atoms with Crippen molar-refractivity contribution in [2.45, 2.75) is 36.6 Å². The van der Waals surface area contributed by atoms with E-state index in [1.54, 1.807) is 0 Å². The first-order valence-electron chi connectivity index (χ1n) is 12.4. The van der Waals surface area contributed by atoms with Crippen molar-refractivity contribution in [3.63, 3.8) is 0 Å². The van der Waals surface area contributed by atoms with E-state index in [-0.39, 0.29) is 20.8 Å². The lowest BCUT2D eigenvalue weighted by Gasteiger charge is -2.33. The molecule has 1 saturated carbocycles. The molecule has 1 aliphatic rings. The van der Waals surface area contributed by atoms with Gasteiger partial charge in [0, 0.05) is 17.1 Å². The molecule has 16 heteroatoms. The lowest BCUT2D eigenvalue weighted by atomic mass is 10.0. The predicted octanol–water partition coefficient (Wildman–Crippen LogP) is 9.78. The third kappa shape index (κ3) is 6.52. The molecule has 3 aromatic carbocycles. The number of benzene rings is 3. The van der Waals surface area contributed by atoms with Crippen molar-refractivity contribution in [3.05, 3.63) is 85.1 Å². The summed E-state index contributed by atoms with van der Waals surface area (Å²) in [5.41, 5.74) is -3.17. The summed E-state index contributed by atoms with van der Waals surface area (Å²) in [6.07, 6.45) is -1.54. The second-order valence-electron chi connectivity index (χ2n) is 10.7. The Balaban J connectivity index is 1.62. The number of halogens is 9. The summed E-state index contributed by atoms with van der Waals surface area (Å²) in [4.78, 5) is 38.7. The fraction of sp³-hybridized carbons (Fsp3) is 0.250. The second kappa shape index (κ2) is 12.3. The molecule has 1 aliphatic carbocycles. The number of carbonyl (C=O) groups is 3. The van der Waals surface area contributed by atoms with Gasteiger partial charge in [0.2, 0.25) is 5.91 Å². The normalized spacial score (nSPS) is 17.2. The van der Waals surface area contributed by atoms with Gasteiger partial charge in [0.05, 0.1) is 37.3 Å². The Morgan fingerprint density at radius 2 is 1.48 bits per heavy atom. The van der Waals surface area contributed by atoms with E-state index >= 15 is 4.39 Å². The Morgan fingerprint density at radius 3 is 2.02 bits per heavy atom. The van der Waals surface area contributed by atoms with Crippen molar-refractivity contribution in [2.75, 3.05) is 15.5 Å². The lowest BCUT2D eigenvalue weighted by molar-refractivity contribution is -0.117. The number of carbonyl (C=O) groups excluding carboxylic acids is 2. The molecule has 3 aromatic rings. The van der Waals surface area contributed by atoms with Crippen molar-refractivity contribution in [2.24, 2.45) is 5.92 Å². The lowest BCUT2D eigenvalue weighted by Crippen LogP contribution is -2.45. The molecule has 2 atom stereocenters. The van der Waals surface area contributed by atoms with Gasteiger partial charge in [0.25, 0.3) is 5.91 Å². The number of hydrogen-bond acceptors (Lipinski definition) is 3. The summed E-state index contributed by atoms with van der Waals surface area (Å²) < 4.78 is 43.3. The molecule has 0 aliphatic heterocycles. The summed E-state index contributed by atoms with van der Waals surface area (Å²) >= 11 is 36.9. The van der Waals surface area contributed by atoms with Crippen molar-refractivity contribution < 1.29 is 32.7 Å².